The molecule has 2 rings (SSSR count). The van der Waals surface area contributed by atoms with Gasteiger partial charge in [0.05, 0.1) is 30.1 Å². The number of nitrogens with one attached hydrogen (secondary N) is 1. The number of carbonyl (C=O) groups excluding carboxylic acids is 1. The average molecular weight is 318 g/mol. The molecule has 0 spiro atoms. The van der Waals surface area contributed by atoms with Crippen LogP contribution in [0.1, 0.15) is 11.1 Å². The van der Waals surface area contributed by atoms with Gasteiger partial charge < -0.3 is 10.4 Å². The zero-order valence-corrected chi connectivity index (χ0v) is 12.5. The van der Waals surface area contributed by atoms with Gasteiger partial charge in [-0.15, -0.1) is 0 Å². The number of aliphatic hydroxyl groups excluding tert-OH is 1. The fourth-order valence-corrected chi connectivity index (χ4v) is 4.24. The van der Waals surface area contributed by atoms with Gasteiger partial charge in [-0.3, -0.25) is 4.79 Å². The minimum absolute atomic E-state index is 0.0579. The lowest BCUT2D eigenvalue weighted by Crippen LogP contribution is -2.43. The summed E-state index contributed by atoms with van der Waals surface area (Å²) in [4.78, 5) is 11.9. The third kappa shape index (κ3) is 3.71. The van der Waals surface area contributed by atoms with E-state index in [2.05, 4.69) is 5.32 Å². The van der Waals surface area contributed by atoms with E-state index in [-0.39, 0.29) is 23.8 Å². The fraction of sp³-hybridized carbons (Fsp3) is 0.462. The molecular formula is C13H16ClNO4S. The molecule has 0 aromatic heterocycles. The van der Waals surface area contributed by atoms with Crippen molar-refractivity contribution in [2.24, 2.45) is 0 Å². The van der Waals surface area contributed by atoms with Gasteiger partial charge in [0, 0.05) is 5.02 Å². The molecule has 7 heteroatoms. The summed E-state index contributed by atoms with van der Waals surface area (Å²) < 4.78 is 22.7. The SMILES string of the molecule is Cc1ccc(CC(=O)N[C@@H]2CS(=O)(=O)C[C@H]2O)c(Cl)c1. The summed E-state index contributed by atoms with van der Waals surface area (Å²) in [5.41, 5.74) is 1.67. The normalized spacial score (nSPS) is 24.6. The van der Waals surface area contributed by atoms with Gasteiger partial charge in [0.15, 0.2) is 9.84 Å². The van der Waals surface area contributed by atoms with E-state index < -0.39 is 22.0 Å². The standard InChI is InChI=1S/C13H16ClNO4S/c1-8-2-3-9(10(14)4-8)5-13(17)15-11-6-20(18,19)7-12(11)16/h2-4,11-12,16H,5-7H2,1H3,(H,15,17)/t11-,12-/m1/s1. The summed E-state index contributed by atoms with van der Waals surface area (Å²) in [6.07, 6.45) is -0.986. The highest BCUT2D eigenvalue weighted by Crippen LogP contribution is 2.18. The lowest BCUT2D eigenvalue weighted by Gasteiger charge is -2.15. The van der Waals surface area contributed by atoms with Crippen LogP contribution in [0, 0.1) is 6.92 Å². The maximum atomic E-state index is 11.9. The van der Waals surface area contributed by atoms with Crippen LogP contribution >= 0.6 is 11.6 Å². The van der Waals surface area contributed by atoms with Crippen LogP contribution < -0.4 is 5.32 Å². The third-order valence-electron chi connectivity index (χ3n) is 3.23. The van der Waals surface area contributed by atoms with Crippen LogP contribution in [0.3, 0.4) is 0 Å². The quantitative estimate of drug-likeness (QED) is 0.848. The molecule has 1 aliphatic rings. The number of rotatable bonds is 3. The molecule has 1 aromatic carbocycles. The first-order valence-electron chi connectivity index (χ1n) is 6.20. The molecule has 0 aliphatic carbocycles. The maximum Gasteiger partial charge on any atom is 0.224 e. The summed E-state index contributed by atoms with van der Waals surface area (Å²) in [7, 11) is -3.27. The molecule has 0 saturated carbocycles. The molecule has 0 radical (unpaired) electrons. The van der Waals surface area contributed by atoms with Crippen LogP contribution in [-0.4, -0.2) is 43.1 Å². The van der Waals surface area contributed by atoms with Gasteiger partial charge >= 0.3 is 0 Å². The average Bonchev–Trinajstić information content (AvgIpc) is 2.56. The van der Waals surface area contributed by atoms with Crippen molar-refractivity contribution in [3.05, 3.63) is 34.3 Å². The predicted molar refractivity (Wildman–Crippen MR) is 76.5 cm³/mol. The van der Waals surface area contributed by atoms with Crippen LogP contribution in [0.4, 0.5) is 0 Å². The summed E-state index contributed by atoms with van der Waals surface area (Å²) in [5, 5.41) is 12.7. The van der Waals surface area contributed by atoms with Crippen molar-refractivity contribution in [2.45, 2.75) is 25.5 Å². The lowest BCUT2D eigenvalue weighted by molar-refractivity contribution is -0.121. The molecule has 1 saturated heterocycles. The summed E-state index contributed by atoms with van der Waals surface area (Å²) in [5.74, 6) is -0.873. The first-order chi connectivity index (χ1) is 9.27. The highest BCUT2D eigenvalue weighted by molar-refractivity contribution is 7.91. The van der Waals surface area contributed by atoms with E-state index in [1.807, 2.05) is 13.0 Å². The van der Waals surface area contributed by atoms with Gasteiger partial charge in [0.1, 0.15) is 0 Å². The van der Waals surface area contributed by atoms with Crippen LogP contribution in [0.15, 0.2) is 18.2 Å². The zero-order chi connectivity index (χ0) is 14.9. The first kappa shape index (κ1) is 15.3. The van der Waals surface area contributed by atoms with Crippen LogP contribution in [0.25, 0.3) is 0 Å². The molecule has 20 heavy (non-hydrogen) atoms. The van der Waals surface area contributed by atoms with Crippen LogP contribution in [0.2, 0.25) is 5.02 Å². The van der Waals surface area contributed by atoms with Crippen molar-refractivity contribution >= 4 is 27.3 Å². The Kier molecular flexibility index (Phi) is 4.36. The van der Waals surface area contributed by atoms with Gasteiger partial charge in [-0.25, -0.2) is 8.42 Å². The molecule has 0 bridgehead atoms. The Balaban J connectivity index is 1.99. The summed E-state index contributed by atoms with van der Waals surface area (Å²) in [6.45, 7) is 1.90. The summed E-state index contributed by atoms with van der Waals surface area (Å²) in [6, 6.07) is 4.64. The second-order valence-electron chi connectivity index (χ2n) is 5.09. The molecule has 2 N–H and O–H groups in total. The van der Waals surface area contributed by atoms with Crippen molar-refractivity contribution < 1.29 is 18.3 Å². The number of sulfone groups is 1. The summed E-state index contributed by atoms with van der Waals surface area (Å²) >= 11 is 6.04. The van der Waals surface area contributed by atoms with E-state index in [9.17, 15) is 18.3 Å². The molecule has 2 atom stereocenters. The molecule has 1 amide bonds. The Morgan fingerprint density at radius 1 is 1.45 bits per heavy atom. The fourth-order valence-electron chi connectivity index (χ4n) is 2.19. The molecule has 1 fully saturated rings. The van der Waals surface area contributed by atoms with E-state index in [1.165, 1.54) is 0 Å². The van der Waals surface area contributed by atoms with Crippen molar-refractivity contribution in [1.82, 2.24) is 5.32 Å². The van der Waals surface area contributed by atoms with Gasteiger partial charge in [-0.1, -0.05) is 23.7 Å². The first-order valence-corrected chi connectivity index (χ1v) is 8.39. The second-order valence-corrected chi connectivity index (χ2v) is 7.65. The third-order valence-corrected chi connectivity index (χ3v) is 5.30. The van der Waals surface area contributed by atoms with Gasteiger partial charge in [-0.2, -0.15) is 0 Å². The van der Waals surface area contributed by atoms with Crippen LogP contribution in [0.5, 0.6) is 0 Å². The van der Waals surface area contributed by atoms with E-state index in [0.717, 1.165) is 5.56 Å². The number of aliphatic hydroxyl groups is 1. The Hall–Kier alpha value is -1.11. The number of amides is 1. The highest BCUT2D eigenvalue weighted by atomic mass is 35.5. The molecule has 110 valence electrons. The Bertz CT molecular complexity index is 629. The van der Waals surface area contributed by atoms with Gasteiger partial charge in [0.2, 0.25) is 5.91 Å². The lowest BCUT2D eigenvalue weighted by atomic mass is 10.1. The van der Waals surface area contributed by atoms with Gasteiger partial charge in [0.25, 0.3) is 0 Å². The zero-order valence-electron chi connectivity index (χ0n) is 11.0. The smallest absolute Gasteiger partial charge is 0.224 e. The second kappa shape index (κ2) is 5.71. The predicted octanol–water partition coefficient (Wildman–Crippen LogP) is 0.465. The van der Waals surface area contributed by atoms with Crippen LogP contribution in [-0.2, 0) is 21.1 Å². The number of carbonyl (C=O) groups is 1. The minimum Gasteiger partial charge on any atom is -0.390 e. The Morgan fingerprint density at radius 3 is 2.70 bits per heavy atom. The Morgan fingerprint density at radius 2 is 2.15 bits per heavy atom. The van der Waals surface area contributed by atoms with Crippen molar-refractivity contribution in [2.75, 3.05) is 11.5 Å². The molecule has 0 unspecified atom stereocenters. The monoisotopic (exact) mass is 317 g/mol. The largest absolute Gasteiger partial charge is 0.390 e. The van der Waals surface area contributed by atoms with E-state index in [0.29, 0.717) is 10.6 Å². The Labute approximate surface area is 122 Å². The number of benzene rings is 1. The molecule has 5 nitrogen and oxygen atoms in total. The molecule has 1 aromatic rings. The van der Waals surface area contributed by atoms with Crippen molar-refractivity contribution in [3.63, 3.8) is 0 Å². The number of halogens is 1. The maximum absolute atomic E-state index is 11.9. The van der Waals surface area contributed by atoms with E-state index in [1.54, 1.807) is 12.1 Å². The van der Waals surface area contributed by atoms with Crippen molar-refractivity contribution in [3.8, 4) is 0 Å². The topological polar surface area (TPSA) is 83.5 Å². The minimum atomic E-state index is -3.27. The number of aryl methyl sites for hydroxylation is 1. The number of hydrogen-bond donors (Lipinski definition) is 2. The van der Waals surface area contributed by atoms with Gasteiger partial charge in [-0.05, 0) is 24.1 Å². The molecule has 1 heterocycles. The number of hydrogen-bond acceptors (Lipinski definition) is 4. The molecule has 1 aliphatic heterocycles. The van der Waals surface area contributed by atoms with Crippen molar-refractivity contribution in [1.29, 1.82) is 0 Å². The van der Waals surface area contributed by atoms with E-state index >= 15 is 0 Å². The van der Waals surface area contributed by atoms with E-state index in [4.69, 9.17) is 11.6 Å². The highest BCUT2D eigenvalue weighted by Gasteiger charge is 2.37. The molecular weight excluding hydrogens is 302 g/mol.